The minimum absolute atomic E-state index is 0.103. The van der Waals surface area contributed by atoms with E-state index < -0.39 is 0 Å². The zero-order valence-electron chi connectivity index (χ0n) is 12.1. The van der Waals surface area contributed by atoms with Crippen LogP contribution in [0.3, 0.4) is 0 Å². The molecule has 1 atom stereocenters. The molecule has 110 valence electrons. The van der Waals surface area contributed by atoms with Gasteiger partial charge in [-0.1, -0.05) is 12.1 Å². The first kappa shape index (κ1) is 14.6. The Morgan fingerprint density at radius 2 is 2.25 bits per heavy atom. The SMILES string of the molecule is CCc1noc(C)c1C(=O)N1CCC[C@H](C(=O)OC)C1. The molecule has 0 unspecified atom stereocenters. The van der Waals surface area contributed by atoms with Crippen molar-refractivity contribution in [3.05, 3.63) is 17.0 Å². The quantitative estimate of drug-likeness (QED) is 0.786. The Morgan fingerprint density at radius 3 is 2.90 bits per heavy atom. The van der Waals surface area contributed by atoms with Crippen LogP contribution in [0.1, 0.15) is 41.6 Å². The van der Waals surface area contributed by atoms with Gasteiger partial charge in [0.1, 0.15) is 11.3 Å². The summed E-state index contributed by atoms with van der Waals surface area (Å²) in [4.78, 5) is 25.9. The van der Waals surface area contributed by atoms with Crippen LogP contribution in [0.4, 0.5) is 0 Å². The highest BCUT2D eigenvalue weighted by molar-refractivity contribution is 5.96. The van der Waals surface area contributed by atoms with E-state index in [4.69, 9.17) is 9.26 Å². The molecule has 2 rings (SSSR count). The number of hydrogen-bond donors (Lipinski definition) is 0. The molecule has 2 heterocycles. The predicted molar refractivity (Wildman–Crippen MR) is 71.3 cm³/mol. The second kappa shape index (κ2) is 6.07. The monoisotopic (exact) mass is 280 g/mol. The number of aromatic nitrogens is 1. The number of piperidine rings is 1. The van der Waals surface area contributed by atoms with Gasteiger partial charge in [-0.25, -0.2) is 0 Å². The third-order valence-electron chi connectivity index (χ3n) is 3.73. The number of carbonyl (C=O) groups is 2. The van der Waals surface area contributed by atoms with Crippen molar-refractivity contribution in [1.29, 1.82) is 0 Å². The highest BCUT2D eigenvalue weighted by atomic mass is 16.5. The fraction of sp³-hybridized carbons (Fsp3) is 0.643. The lowest BCUT2D eigenvalue weighted by molar-refractivity contribution is -0.146. The molecular formula is C14H20N2O4. The zero-order valence-corrected chi connectivity index (χ0v) is 12.1. The summed E-state index contributed by atoms with van der Waals surface area (Å²) < 4.78 is 9.87. The van der Waals surface area contributed by atoms with Gasteiger partial charge >= 0.3 is 5.97 Å². The van der Waals surface area contributed by atoms with E-state index in [1.807, 2.05) is 6.92 Å². The topological polar surface area (TPSA) is 72.6 Å². The molecule has 1 aliphatic heterocycles. The maximum absolute atomic E-state index is 12.6. The molecule has 1 saturated heterocycles. The third kappa shape index (κ3) is 2.69. The molecule has 0 aromatic carbocycles. The van der Waals surface area contributed by atoms with Crippen molar-refractivity contribution in [3.8, 4) is 0 Å². The van der Waals surface area contributed by atoms with Crippen molar-refractivity contribution in [2.75, 3.05) is 20.2 Å². The first-order valence-corrected chi connectivity index (χ1v) is 6.90. The molecule has 1 fully saturated rings. The van der Waals surface area contributed by atoms with Gasteiger partial charge in [-0.05, 0) is 26.2 Å². The van der Waals surface area contributed by atoms with E-state index in [1.165, 1.54) is 7.11 Å². The molecule has 6 nitrogen and oxygen atoms in total. The summed E-state index contributed by atoms with van der Waals surface area (Å²) in [5.74, 6) is -0.0514. The highest BCUT2D eigenvalue weighted by Gasteiger charge is 2.32. The van der Waals surface area contributed by atoms with Gasteiger partial charge in [-0.15, -0.1) is 0 Å². The van der Waals surface area contributed by atoms with Crippen molar-refractivity contribution in [1.82, 2.24) is 10.1 Å². The van der Waals surface area contributed by atoms with E-state index in [2.05, 4.69) is 5.16 Å². The Hall–Kier alpha value is -1.85. The average Bonchev–Trinajstić information content (AvgIpc) is 2.86. The summed E-state index contributed by atoms with van der Waals surface area (Å²) in [5.41, 5.74) is 1.21. The Bertz CT molecular complexity index is 509. The van der Waals surface area contributed by atoms with Gasteiger partial charge in [-0.2, -0.15) is 0 Å². The first-order chi connectivity index (χ1) is 9.58. The molecule has 0 N–H and O–H groups in total. The standard InChI is InChI=1S/C14H20N2O4/c1-4-11-12(9(2)20-15-11)13(17)16-7-5-6-10(8-16)14(18)19-3/h10H,4-8H2,1-3H3/t10-/m0/s1. The minimum atomic E-state index is -0.250. The van der Waals surface area contributed by atoms with Crippen LogP contribution in [0.25, 0.3) is 0 Å². The Labute approximate surface area is 118 Å². The van der Waals surface area contributed by atoms with Crippen molar-refractivity contribution in [2.45, 2.75) is 33.1 Å². The Morgan fingerprint density at radius 1 is 1.50 bits per heavy atom. The lowest BCUT2D eigenvalue weighted by atomic mass is 9.97. The fourth-order valence-corrected chi connectivity index (χ4v) is 2.61. The molecule has 1 aromatic heterocycles. The van der Waals surface area contributed by atoms with Crippen LogP contribution < -0.4 is 0 Å². The summed E-state index contributed by atoms with van der Waals surface area (Å²) >= 11 is 0. The Kier molecular flexibility index (Phi) is 4.42. The van der Waals surface area contributed by atoms with E-state index in [1.54, 1.807) is 11.8 Å². The van der Waals surface area contributed by atoms with Crippen molar-refractivity contribution in [2.24, 2.45) is 5.92 Å². The molecular weight excluding hydrogens is 260 g/mol. The van der Waals surface area contributed by atoms with Crippen LogP contribution in [0.15, 0.2) is 4.52 Å². The van der Waals surface area contributed by atoms with Gasteiger partial charge in [0.2, 0.25) is 0 Å². The number of methoxy groups -OCH3 is 1. The van der Waals surface area contributed by atoms with Crippen LogP contribution in [0.5, 0.6) is 0 Å². The van der Waals surface area contributed by atoms with E-state index in [0.29, 0.717) is 36.5 Å². The number of aryl methyl sites for hydroxylation is 2. The van der Waals surface area contributed by atoms with E-state index in [0.717, 1.165) is 12.8 Å². The van der Waals surface area contributed by atoms with Gasteiger partial charge in [-0.3, -0.25) is 9.59 Å². The van der Waals surface area contributed by atoms with Crippen LogP contribution in [-0.4, -0.2) is 42.1 Å². The normalized spacial score (nSPS) is 18.9. The van der Waals surface area contributed by atoms with E-state index in [9.17, 15) is 9.59 Å². The summed E-state index contributed by atoms with van der Waals surface area (Å²) in [7, 11) is 1.38. The third-order valence-corrected chi connectivity index (χ3v) is 3.73. The molecule has 0 spiro atoms. The largest absolute Gasteiger partial charge is 0.469 e. The smallest absolute Gasteiger partial charge is 0.310 e. The van der Waals surface area contributed by atoms with Crippen molar-refractivity contribution >= 4 is 11.9 Å². The molecule has 1 amide bonds. The molecule has 0 aliphatic carbocycles. The second-order valence-electron chi connectivity index (χ2n) is 5.03. The molecule has 0 saturated carbocycles. The van der Waals surface area contributed by atoms with Gasteiger partial charge in [0.15, 0.2) is 0 Å². The van der Waals surface area contributed by atoms with E-state index >= 15 is 0 Å². The molecule has 1 aliphatic rings. The number of rotatable bonds is 3. The number of nitrogens with zero attached hydrogens (tertiary/aromatic N) is 2. The van der Waals surface area contributed by atoms with E-state index in [-0.39, 0.29) is 17.8 Å². The average molecular weight is 280 g/mol. The van der Waals surface area contributed by atoms with Gasteiger partial charge in [0.25, 0.3) is 5.91 Å². The van der Waals surface area contributed by atoms with Crippen LogP contribution >= 0.6 is 0 Å². The first-order valence-electron chi connectivity index (χ1n) is 6.90. The highest BCUT2D eigenvalue weighted by Crippen LogP contribution is 2.22. The predicted octanol–water partition coefficient (Wildman–Crippen LogP) is 1.57. The van der Waals surface area contributed by atoms with Crippen LogP contribution in [0.2, 0.25) is 0 Å². The number of likely N-dealkylation sites (tertiary alicyclic amines) is 1. The number of esters is 1. The fourth-order valence-electron chi connectivity index (χ4n) is 2.61. The van der Waals surface area contributed by atoms with Crippen molar-refractivity contribution < 1.29 is 18.8 Å². The van der Waals surface area contributed by atoms with Crippen LogP contribution in [-0.2, 0) is 16.0 Å². The maximum Gasteiger partial charge on any atom is 0.310 e. The number of amides is 1. The van der Waals surface area contributed by atoms with Gasteiger partial charge < -0.3 is 14.2 Å². The summed E-state index contributed by atoms with van der Waals surface area (Å²) in [5, 5.41) is 3.91. The van der Waals surface area contributed by atoms with Crippen molar-refractivity contribution in [3.63, 3.8) is 0 Å². The number of hydrogen-bond acceptors (Lipinski definition) is 5. The lowest BCUT2D eigenvalue weighted by Gasteiger charge is -2.31. The molecule has 20 heavy (non-hydrogen) atoms. The van der Waals surface area contributed by atoms with Gasteiger partial charge in [0.05, 0.1) is 18.7 Å². The maximum atomic E-state index is 12.6. The molecule has 6 heteroatoms. The molecule has 0 radical (unpaired) electrons. The molecule has 0 bridgehead atoms. The zero-order chi connectivity index (χ0) is 14.7. The van der Waals surface area contributed by atoms with Crippen LogP contribution in [0, 0.1) is 12.8 Å². The second-order valence-corrected chi connectivity index (χ2v) is 5.03. The molecule has 1 aromatic rings. The summed E-state index contributed by atoms with van der Waals surface area (Å²) in [6, 6.07) is 0. The number of ether oxygens (including phenoxy) is 1. The van der Waals surface area contributed by atoms with Gasteiger partial charge in [0, 0.05) is 13.1 Å². The minimum Gasteiger partial charge on any atom is -0.469 e. The lowest BCUT2D eigenvalue weighted by Crippen LogP contribution is -2.43. The number of carbonyl (C=O) groups excluding carboxylic acids is 2. The Balaban J connectivity index is 2.16. The summed E-state index contributed by atoms with van der Waals surface area (Å²) in [6.45, 7) is 4.72. The summed E-state index contributed by atoms with van der Waals surface area (Å²) in [6.07, 6.45) is 2.21.